The Balaban J connectivity index is 1.12. The molecule has 0 unspecified atom stereocenters. The quantitative estimate of drug-likeness (QED) is 0.170. The number of nitrogens with zero attached hydrogens (tertiary/aromatic N) is 1. The summed E-state index contributed by atoms with van der Waals surface area (Å²) >= 11 is 0. The third kappa shape index (κ3) is 4.61. The molecule has 0 aliphatic rings. The summed E-state index contributed by atoms with van der Waals surface area (Å²) in [4.78, 5) is 5.34. The zero-order valence-corrected chi connectivity index (χ0v) is 30.2. The number of hydrogen-bond acceptors (Lipinski definition) is 3. The Hall–Kier alpha value is -7.49. The average molecular weight is 714 g/mol. The summed E-state index contributed by atoms with van der Waals surface area (Å²) in [6.45, 7) is 0. The van der Waals surface area contributed by atoms with E-state index in [4.69, 9.17) is 13.8 Å². The largest absolute Gasteiger partial charge is 0.456 e. The summed E-state index contributed by atoms with van der Waals surface area (Å²) in [6.07, 6.45) is 0. The number of aromatic nitrogens is 1. The molecule has 0 fully saturated rings. The van der Waals surface area contributed by atoms with E-state index in [0.717, 1.165) is 110 Å². The minimum absolute atomic E-state index is 0.873. The minimum atomic E-state index is 0.873. The number of pyridine rings is 1. The van der Waals surface area contributed by atoms with Gasteiger partial charge < -0.3 is 8.83 Å². The van der Waals surface area contributed by atoms with Crippen molar-refractivity contribution in [3.05, 3.63) is 188 Å². The van der Waals surface area contributed by atoms with Crippen LogP contribution in [0, 0.1) is 0 Å². The molecule has 9 aromatic carbocycles. The highest BCUT2D eigenvalue weighted by molar-refractivity contribution is 6.28. The van der Waals surface area contributed by atoms with E-state index >= 15 is 0 Å². The van der Waals surface area contributed by atoms with Gasteiger partial charge in [0.1, 0.15) is 22.3 Å². The molecule has 3 nitrogen and oxygen atoms in total. The lowest BCUT2D eigenvalue weighted by atomic mass is 9.90. The fourth-order valence-corrected chi connectivity index (χ4v) is 8.88. The molecule has 0 atom stereocenters. The van der Waals surface area contributed by atoms with Gasteiger partial charge in [0, 0.05) is 54.4 Å². The lowest BCUT2D eigenvalue weighted by molar-refractivity contribution is 0.669. The van der Waals surface area contributed by atoms with Gasteiger partial charge >= 0.3 is 0 Å². The predicted molar refractivity (Wildman–Crippen MR) is 233 cm³/mol. The highest BCUT2D eigenvalue weighted by Crippen LogP contribution is 2.45. The van der Waals surface area contributed by atoms with Crippen molar-refractivity contribution in [1.82, 2.24) is 4.98 Å². The van der Waals surface area contributed by atoms with Crippen molar-refractivity contribution in [2.45, 2.75) is 0 Å². The van der Waals surface area contributed by atoms with Gasteiger partial charge in [0.25, 0.3) is 0 Å². The zero-order valence-electron chi connectivity index (χ0n) is 30.2. The molecule has 56 heavy (non-hydrogen) atoms. The van der Waals surface area contributed by atoms with Crippen LogP contribution < -0.4 is 0 Å². The van der Waals surface area contributed by atoms with Crippen LogP contribution in [0.5, 0.6) is 0 Å². The summed E-state index contributed by atoms with van der Waals surface area (Å²) < 4.78 is 13.4. The maximum Gasteiger partial charge on any atom is 0.143 e. The molecular formula is C53H31NO2. The van der Waals surface area contributed by atoms with Gasteiger partial charge in [0.15, 0.2) is 0 Å². The van der Waals surface area contributed by atoms with E-state index < -0.39 is 0 Å². The van der Waals surface area contributed by atoms with Gasteiger partial charge in [-0.15, -0.1) is 0 Å². The Labute approximate surface area is 321 Å². The first-order chi connectivity index (χ1) is 27.8. The SMILES string of the molecule is c1ccc(-c2nc3ccc(-c4cc(-c5cccc6c5oc5c(-c7ccccc7)cccc56)c5ccccc5c4)cc3c3c2ccc2oc4ccccc4c23)cc1. The molecule has 0 amide bonds. The first kappa shape index (κ1) is 30.9. The van der Waals surface area contributed by atoms with E-state index in [1.165, 1.54) is 10.8 Å². The molecule has 0 bridgehead atoms. The molecule has 0 saturated heterocycles. The number of benzene rings is 9. The standard InChI is InChI=1S/C53H31NO2/c1-3-13-32(14-4-1)38-20-11-21-39-40-22-12-23-41(53(40)56-52(38)39)44-31-36(29-35-17-7-8-18-37(35)44)34-25-27-46-45(30-34)49-43(51(54-46)33-15-5-2-6-16-33)26-28-48-50(49)42-19-9-10-24-47(42)55-48/h1-31H. The Kier molecular flexibility index (Phi) is 6.63. The van der Waals surface area contributed by atoms with Crippen LogP contribution in [0.15, 0.2) is 197 Å². The van der Waals surface area contributed by atoms with Gasteiger partial charge in [-0.05, 0) is 75.5 Å². The Bertz CT molecular complexity index is 3520. The summed E-state index contributed by atoms with van der Waals surface area (Å²) in [6, 6.07) is 66.6. The molecule has 12 rings (SSSR count). The third-order valence-electron chi connectivity index (χ3n) is 11.4. The monoisotopic (exact) mass is 713 g/mol. The normalized spacial score (nSPS) is 11.9. The van der Waals surface area contributed by atoms with Crippen molar-refractivity contribution in [1.29, 1.82) is 0 Å². The van der Waals surface area contributed by atoms with E-state index in [0.29, 0.717) is 0 Å². The van der Waals surface area contributed by atoms with Crippen LogP contribution in [0.25, 0.3) is 121 Å². The van der Waals surface area contributed by atoms with Crippen molar-refractivity contribution in [3.8, 4) is 44.6 Å². The molecule has 0 radical (unpaired) electrons. The van der Waals surface area contributed by atoms with Crippen molar-refractivity contribution < 1.29 is 8.83 Å². The van der Waals surface area contributed by atoms with Crippen LogP contribution >= 0.6 is 0 Å². The zero-order chi connectivity index (χ0) is 36.7. The molecule has 3 heterocycles. The second kappa shape index (κ2) is 12.0. The van der Waals surface area contributed by atoms with E-state index in [2.05, 4.69) is 182 Å². The first-order valence-corrected chi connectivity index (χ1v) is 19.0. The molecule has 0 spiro atoms. The Morgan fingerprint density at radius 3 is 1.82 bits per heavy atom. The molecule has 12 aromatic rings. The predicted octanol–water partition coefficient (Wildman–Crippen LogP) is 15.0. The molecule has 3 aromatic heterocycles. The molecule has 3 heteroatoms. The Morgan fingerprint density at radius 1 is 0.321 bits per heavy atom. The van der Waals surface area contributed by atoms with Crippen LogP contribution in [0.3, 0.4) is 0 Å². The van der Waals surface area contributed by atoms with Crippen LogP contribution in [0.1, 0.15) is 0 Å². The average Bonchev–Trinajstić information content (AvgIpc) is 3.85. The van der Waals surface area contributed by atoms with Gasteiger partial charge in [-0.25, -0.2) is 4.98 Å². The highest BCUT2D eigenvalue weighted by atomic mass is 16.3. The number of para-hydroxylation sites is 3. The van der Waals surface area contributed by atoms with E-state index in [9.17, 15) is 0 Å². The number of furan rings is 2. The second-order valence-electron chi connectivity index (χ2n) is 14.6. The van der Waals surface area contributed by atoms with Gasteiger partial charge in [-0.3, -0.25) is 0 Å². The molecule has 0 N–H and O–H groups in total. The molecule has 0 aliphatic heterocycles. The number of hydrogen-bond donors (Lipinski definition) is 0. The summed E-state index contributed by atoms with van der Waals surface area (Å²) in [5.41, 5.74) is 13.2. The van der Waals surface area contributed by atoms with Crippen molar-refractivity contribution in [3.63, 3.8) is 0 Å². The van der Waals surface area contributed by atoms with Crippen LogP contribution in [0.4, 0.5) is 0 Å². The van der Waals surface area contributed by atoms with Crippen LogP contribution in [-0.4, -0.2) is 4.98 Å². The summed E-state index contributed by atoms with van der Waals surface area (Å²) in [5.74, 6) is 0. The van der Waals surface area contributed by atoms with Crippen molar-refractivity contribution >= 4 is 76.3 Å². The Morgan fingerprint density at radius 2 is 1.00 bits per heavy atom. The van der Waals surface area contributed by atoms with E-state index in [1.807, 2.05) is 6.07 Å². The lowest BCUT2D eigenvalue weighted by Crippen LogP contribution is -1.91. The van der Waals surface area contributed by atoms with E-state index in [1.54, 1.807) is 0 Å². The maximum absolute atomic E-state index is 6.92. The molecule has 260 valence electrons. The van der Waals surface area contributed by atoms with Gasteiger partial charge in [-0.1, -0.05) is 146 Å². The van der Waals surface area contributed by atoms with Gasteiger partial charge in [-0.2, -0.15) is 0 Å². The number of fused-ring (bicyclic) bond motifs is 11. The number of rotatable bonds is 4. The fraction of sp³-hybridized carbons (Fsp3) is 0. The van der Waals surface area contributed by atoms with Crippen molar-refractivity contribution in [2.24, 2.45) is 0 Å². The molecule has 0 saturated carbocycles. The van der Waals surface area contributed by atoms with Crippen LogP contribution in [0.2, 0.25) is 0 Å². The second-order valence-corrected chi connectivity index (χ2v) is 14.6. The summed E-state index contributed by atoms with van der Waals surface area (Å²) in [5, 5.41) is 10.1. The minimum Gasteiger partial charge on any atom is -0.456 e. The third-order valence-corrected chi connectivity index (χ3v) is 11.4. The summed E-state index contributed by atoms with van der Waals surface area (Å²) in [7, 11) is 0. The smallest absolute Gasteiger partial charge is 0.143 e. The van der Waals surface area contributed by atoms with Crippen LogP contribution in [-0.2, 0) is 0 Å². The fourth-order valence-electron chi connectivity index (χ4n) is 8.88. The topological polar surface area (TPSA) is 39.2 Å². The van der Waals surface area contributed by atoms with Gasteiger partial charge in [0.2, 0.25) is 0 Å². The van der Waals surface area contributed by atoms with Gasteiger partial charge in [0.05, 0.1) is 11.2 Å². The highest BCUT2D eigenvalue weighted by Gasteiger charge is 2.20. The maximum atomic E-state index is 6.92. The molecular weight excluding hydrogens is 683 g/mol. The lowest BCUT2D eigenvalue weighted by Gasteiger charge is -2.14. The first-order valence-electron chi connectivity index (χ1n) is 19.0. The van der Waals surface area contributed by atoms with Crippen molar-refractivity contribution in [2.75, 3.05) is 0 Å². The molecule has 0 aliphatic carbocycles. The van der Waals surface area contributed by atoms with E-state index in [-0.39, 0.29) is 0 Å².